The molecule has 0 aromatic heterocycles. The van der Waals surface area contributed by atoms with E-state index in [0.717, 1.165) is 19.3 Å². The Morgan fingerprint density at radius 1 is 0.545 bits per heavy atom. The summed E-state index contributed by atoms with van der Waals surface area (Å²) in [4.78, 5) is 0. The Labute approximate surface area is 140 Å². The lowest BCUT2D eigenvalue weighted by molar-refractivity contribution is 0.329. The molecule has 0 heterocycles. The van der Waals surface area contributed by atoms with Gasteiger partial charge in [0.15, 0.2) is 0 Å². The van der Waals surface area contributed by atoms with E-state index in [1.807, 2.05) is 0 Å². The molecule has 0 aromatic rings. The van der Waals surface area contributed by atoms with Crippen molar-refractivity contribution < 1.29 is 4.39 Å². The number of rotatable bonds is 18. The Morgan fingerprint density at radius 2 is 0.818 bits per heavy atom. The molecule has 1 atom stereocenters. The van der Waals surface area contributed by atoms with Crippen LogP contribution in [0.2, 0.25) is 0 Å². The highest BCUT2D eigenvalue weighted by Crippen LogP contribution is 2.14. The van der Waals surface area contributed by atoms with Gasteiger partial charge in [-0.15, -0.1) is 0 Å². The molecule has 0 saturated carbocycles. The van der Waals surface area contributed by atoms with E-state index in [9.17, 15) is 4.39 Å². The van der Waals surface area contributed by atoms with Crippen LogP contribution in [0.15, 0.2) is 0 Å². The summed E-state index contributed by atoms with van der Waals surface area (Å²) in [6, 6.07) is 0. The van der Waals surface area contributed by atoms with Crippen LogP contribution in [0.25, 0.3) is 0 Å². The summed E-state index contributed by atoms with van der Waals surface area (Å²) in [6.45, 7) is 5.56. The summed E-state index contributed by atoms with van der Waals surface area (Å²) >= 11 is 0. The van der Waals surface area contributed by atoms with Crippen molar-refractivity contribution in [1.29, 1.82) is 0 Å². The van der Waals surface area contributed by atoms with Crippen molar-refractivity contribution >= 4 is 0 Å². The van der Waals surface area contributed by atoms with Crippen molar-refractivity contribution in [1.82, 2.24) is 0 Å². The van der Waals surface area contributed by atoms with Gasteiger partial charge < -0.3 is 0 Å². The van der Waals surface area contributed by atoms with Crippen molar-refractivity contribution in [2.75, 3.05) is 0 Å². The highest BCUT2D eigenvalue weighted by Gasteiger charge is 1.97. The van der Waals surface area contributed by atoms with Crippen molar-refractivity contribution in [2.24, 2.45) is 0 Å². The predicted molar refractivity (Wildman–Crippen MR) is 99.0 cm³/mol. The highest BCUT2D eigenvalue weighted by molar-refractivity contribution is 4.52. The first kappa shape index (κ1) is 21.9. The maximum atomic E-state index is 12.6. The van der Waals surface area contributed by atoms with E-state index in [4.69, 9.17) is 0 Å². The first-order valence-corrected chi connectivity index (χ1v) is 10.2. The first-order chi connectivity index (χ1) is 10.8. The van der Waals surface area contributed by atoms with Gasteiger partial charge in [-0.1, -0.05) is 116 Å². The summed E-state index contributed by atoms with van der Waals surface area (Å²) in [5.41, 5.74) is 0. The maximum Gasteiger partial charge on any atom is 0.0973 e. The van der Waals surface area contributed by atoms with Crippen molar-refractivity contribution in [2.45, 2.75) is 129 Å². The van der Waals surface area contributed by atoms with Crippen LogP contribution in [0.1, 0.15) is 122 Å². The minimum absolute atomic E-state index is 0.603. The van der Waals surface area contributed by atoms with Crippen LogP contribution in [-0.2, 0) is 0 Å². The van der Waals surface area contributed by atoms with E-state index in [-0.39, 0.29) is 0 Å². The lowest BCUT2D eigenvalue weighted by Gasteiger charge is -2.04. The molecule has 0 bridgehead atoms. The zero-order valence-electron chi connectivity index (χ0n) is 15.4. The number of halogens is 1. The van der Waals surface area contributed by atoms with Gasteiger partial charge in [-0.3, -0.25) is 0 Å². The highest BCUT2D eigenvalue weighted by atomic mass is 19.1. The van der Waals surface area contributed by atoms with E-state index in [0.29, 0.717) is 0 Å². The number of unbranched alkanes of at least 4 members (excludes halogenated alkanes) is 16. The molecule has 0 rings (SSSR count). The Hall–Kier alpha value is -0.0700. The molecule has 0 aromatic carbocycles. The van der Waals surface area contributed by atoms with Crippen LogP contribution >= 0.6 is 0 Å². The molecule has 133 valence electrons. The second kappa shape index (κ2) is 19.0. The monoisotopic (exact) mass is 313 g/mol. The third kappa shape index (κ3) is 19.9. The molecule has 1 unspecified atom stereocenters. The molecular formula is C21H42F. The molecule has 0 aliphatic heterocycles. The van der Waals surface area contributed by atoms with Crippen LogP contribution < -0.4 is 0 Å². The summed E-state index contributed by atoms with van der Waals surface area (Å²) in [7, 11) is 0. The van der Waals surface area contributed by atoms with Gasteiger partial charge in [0.05, 0.1) is 6.17 Å². The first-order valence-electron chi connectivity index (χ1n) is 10.2. The zero-order valence-corrected chi connectivity index (χ0v) is 15.4. The van der Waals surface area contributed by atoms with Gasteiger partial charge in [-0.25, -0.2) is 4.39 Å². The molecule has 0 aliphatic rings. The summed E-state index contributed by atoms with van der Waals surface area (Å²) in [5.74, 6) is 0. The smallest absolute Gasteiger partial charge is 0.0973 e. The molecular weight excluding hydrogens is 271 g/mol. The van der Waals surface area contributed by atoms with E-state index < -0.39 is 6.17 Å². The van der Waals surface area contributed by atoms with Gasteiger partial charge in [0.2, 0.25) is 0 Å². The topological polar surface area (TPSA) is 0 Å². The van der Waals surface area contributed by atoms with Crippen molar-refractivity contribution in [3.8, 4) is 0 Å². The maximum absolute atomic E-state index is 12.6. The third-order valence-electron chi connectivity index (χ3n) is 4.60. The fraction of sp³-hybridized carbons (Fsp3) is 0.952. The minimum Gasteiger partial charge on any atom is -0.248 e. The molecule has 22 heavy (non-hydrogen) atoms. The molecule has 0 spiro atoms. The van der Waals surface area contributed by atoms with E-state index in [1.54, 1.807) is 6.92 Å². The quantitative estimate of drug-likeness (QED) is 0.224. The molecule has 0 fully saturated rings. The van der Waals surface area contributed by atoms with Gasteiger partial charge in [0.25, 0.3) is 0 Å². The standard InChI is InChI=1S/C21H42F/c1-3-4-5-6-7-8-9-10-11-12-13-14-15-16-17-18-19-20-21(2)22/h21H,1,3-20H2,2H3. The number of hydrogen-bond acceptors (Lipinski definition) is 0. The van der Waals surface area contributed by atoms with Crippen LogP contribution in [0, 0.1) is 6.92 Å². The Morgan fingerprint density at radius 3 is 1.09 bits per heavy atom. The summed E-state index contributed by atoms with van der Waals surface area (Å²) in [6.07, 6.45) is 23.2. The van der Waals surface area contributed by atoms with Gasteiger partial charge in [-0.2, -0.15) is 0 Å². The van der Waals surface area contributed by atoms with Gasteiger partial charge in [-0.05, 0) is 13.3 Å². The van der Waals surface area contributed by atoms with E-state index in [2.05, 4.69) is 6.92 Å². The van der Waals surface area contributed by atoms with Crippen LogP contribution in [0.5, 0.6) is 0 Å². The molecule has 0 N–H and O–H groups in total. The molecule has 0 saturated heterocycles. The zero-order chi connectivity index (χ0) is 16.3. The minimum atomic E-state index is -0.603. The Bertz CT molecular complexity index is 188. The fourth-order valence-corrected chi connectivity index (χ4v) is 3.08. The molecule has 1 heteroatoms. The molecule has 0 nitrogen and oxygen atoms in total. The van der Waals surface area contributed by atoms with E-state index in [1.165, 1.54) is 96.3 Å². The molecule has 0 amide bonds. The third-order valence-corrected chi connectivity index (χ3v) is 4.60. The largest absolute Gasteiger partial charge is 0.248 e. The second-order valence-electron chi connectivity index (χ2n) is 7.08. The lowest BCUT2D eigenvalue weighted by Crippen LogP contribution is -1.91. The number of hydrogen-bond donors (Lipinski definition) is 0. The average molecular weight is 314 g/mol. The summed E-state index contributed by atoms with van der Waals surface area (Å²) < 4.78 is 12.6. The predicted octanol–water partition coefficient (Wildman–Crippen LogP) is 8.20. The van der Waals surface area contributed by atoms with Crippen LogP contribution in [0.3, 0.4) is 0 Å². The lowest BCUT2D eigenvalue weighted by atomic mass is 10.0. The van der Waals surface area contributed by atoms with Crippen molar-refractivity contribution in [3.05, 3.63) is 6.92 Å². The van der Waals surface area contributed by atoms with E-state index >= 15 is 0 Å². The molecule has 0 aliphatic carbocycles. The average Bonchev–Trinajstić information content (AvgIpc) is 2.50. The van der Waals surface area contributed by atoms with Gasteiger partial charge >= 0.3 is 0 Å². The van der Waals surface area contributed by atoms with Crippen LogP contribution in [-0.4, -0.2) is 6.17 Å². The second-order valence-corrected chi connectivity index (χ2v) is 7.08. The van der Waals surface area contributed by atoms with Crippen molar-refractivity contribution in [3.63, 3.8) is 0 Å². The molecule has 1 radical (unpaired) electrons. The fourth-order valence-electron chi connectivity index (χ4n) is 3.08. The van der Waals surface area contributed by atoms with Gasteiger partial charge in [0, 0.05) is 0 Å². The normalized spacial score (nSPS) is 12.7. The van der Waals surface area contributed by atoms with Gasteiger partial charge in [0.1, 0.15) is 0 Å². The Kier molecular flexibility index (Phi) is 18.9. The SMILES string of the molecule is [CH2]CCCCCCCCCCCCCCCCCCC(C)F. The summed E-state index contributed by atoms with van der Waals surface area (Å²) in [5, 5.41) is 0. The van der Waals surface area contributed by atoms with Crippen LogP contribution in [0.4, 0.5) is 4.39 Å². The number of alkyl halides is 1. The Balaban J connectivity index is 2.94.